The van der Waals surface area contributed by atoms with Crippen LogP contribution >= 0.6 is 0 Å². The van der Waals surface area contributed by atoms with Crippen molar-refractivity contribution in [3.63, 3.8) is 0 Å². The van der Waals surface area contributed by atoms with Gasteiger partial charge in [-0.3, -0.25) is 14.9 Å². The van der Waals surface area contributed by atoms with E-state index in [1.54, 1.807) is 25.2 Å². The van der Waals surface area contributed by atoms with Crippen molar-refractivity contribution in [3.8, 4) is 5.75 Å². The third-order valence-corrected chi connectivity index (χ3v) is 3.98. The van der Waals surface area contributed by atoms with Crippen LogP contribution in [0.5, 0.6) is 5.75 Å². The van der Waals surface area contributed by atoms with Crippen molar-refractivity contribution in [1.82, 2.24) is 5.43 Å². The number of fused-ring (bicyclic) bond motifs is 1. The number of benzene rings is 3. The number of amides is 1. The van der Waals surface area contributed by atoms with Gasteiger partial charge in [0.15, 0.2) is 0 Å². The van der Waals surface area contributed by atoms with Gasteiger partial charge in [-0.2, -0.15) is 5.10 Å². The van der Waals surface area contributed by atoms with E-state index >= 15 is 0 Å². The number of nitro benzene ring substituents is 1. The fourth-order valence-corrected chi connectivity index (χ4v) is 2.63. The van der Waals surface area contributed by atoms with Crippen LogP contribution in [0.25, 0.3) is 10.8 Å². The predicted octanol–water partition coefficient (Wildman–Crippen LogP) is 3.26. The molecule has 0 bridgehead atoms. The summed E-state index contributed by atoms with van der Waals surface area (Å²) in [4.78, 5) is 22.8. The molecule has 3 rings (SSSR count). The number of anilines is 1. The molecule has 0 aliphatic rings. The Hall–Kier alpha value is -3.94. The highest BCUT2D eigenvalue weighted by molar-refractivity contribution is 6.01. The Kier molecular flexibility index (Phi) is 4.98. The fourth-order valence-electron chi connectivity index (χ4n) is 2.63. The number of hydrogen-bond donors (Lipinski definition) is 3. The first-order valence-electron chi connectivity index (χ1n) is 8.01. The average molecular weight is 364 g/mol. The molecule has 136 valence electrons. The summed E-state index contributed by atoms with van der Waals surface area (Å²) in [5.41, 5.74) is 3.13. The molecule has 8 heteroatoms. The molecule has 1 amide bonds. The van der Waals surface area contributed by atoms with Crippen molar-refractivity contribution >= 4 is 34.3 Å². The molecule has 0 aliphatic heterocycles. The molecule has 0 radical (unpaired) electrons. The summed E-state index contributed by atoms with van der Waals surface area (Å²) in [6.45, 7) is 0. The van der Waals surface area contributed by atoms with Gasteiger partial charge in [0, 0.05) is 18.7 Å². The van der Waals surface area contributed by atoms with Gasteiger partial charge in [0.2, 0.25) is 0 Å². The van der Waals surface area contributed by atoms with Gasteiger partial charge in [0.05, 0.1) is 16.7 Å². The van der Waals surface area contributed by atoms with E-state index in [-0.39, 0.29) is 17.0 Å². The molecule has 3 aromatic carbocycles. The Balaban J connectivity index is 1.78. The van der Waals surface area contributed by atoms with Gasteiger partial charge in [-0.15, -0.1) is 0 Å². The van der Waals surface area contributed by atoms with E-state index in [0.29, 0.717) is 11.3 Å². The molecule has 3 aromatic rings. The Morgan fingerprint density at radius 3 is 2.52 bits per heavy atom. The molecule has 0 spiro atoms. The van der Waals surface area contributed by atoms with E-state index in [1.807, 2.05) is 24.3 Å². The molecule has 0 aromatic heterocycles. The zero-order valence-electron chi connectivity index (χ0n) is 14.3. The second-order valence-electron chi connectivity index (χ2n) is 5.70. The van der Waals surface area contributed by atoms with Gasteiger partial charge in [-0.05, 0) is 29.0 Å². The number of nitrogens with one attached hydrogen (secondary N) is 2. The molecular formula is C19H16N4O4. The quantitative estimate of drug-likeness (QED) is 0.365. The number of carbonyl (C=O) groups excluding carboxylic acids is 1. The molecule has 0 saturated carbocycles. The fraction of sp³-hybridized carbons (Fsp3) is 0.0526. The van der Waals surface area contributed by atoms with Crippen LogP contribution in [-0.2, 0) is 0 Å². The number of nitrogens with zero attached hydrogens (tertiary/aromatic N) is 2. The lowest BCUT2D eigenvalue weighted by Gasteiger charge is -2.06. The van der Waals surface area contributed by atoms with Crippen LogP contribution in [0.1, 0.15) is 15.9 Å². The second-order valence-corrected chi connectivity index (χ2v) is 5.70. The minimum absolute atomic E-state index is 0.0855. The first-order chi connectivity index (χ1) is 13.0. The lowest BCUT2D eigenvalue weighted by molar-refractivity contribution is -0.383. The van der Waals surface area contributed by atoms with E-state index < -0.39 is 10.8 Å². The zero-order valence-corrected chi connectivity index (χ0v) is 14.3. The molecule has 0 heterocycles. The van der Waals surface area contributed by atoms with Crippen molar-refractivity contribution in [3.05, 3.63) is 75.8 Å². The summed E-state index contributed by atoms with van der Waals surface area (Å²) in [7, 11) is 1.59. The number of hydrazone groups is 1. The maximum atomic E-state index is 12.3. The van der Waals surface area contributed by atoms with Crippen molar-refractivity contribution < 1.29 is 14.8 Å². The highest BCUT2D eigenvalue weighted by atomic mass is 16.6. The number of phenols is 1. The first-order valence-corrected chi connectivity index (χ1v) is 8.01. The predicted molar refractivity (Wildman–Crippen MR) is 103 cm³/mol. The van der Waals surface area contributed by atoms with Gasteiger partial charge >= 0.3 is 0 Å². The topological polar surface area (TPSA) is 117 Å². The smallest absolute Gasteiger partial charge is 0.292 e. The van der Waals surface area contributed by atoms with Crippen LogP contribution in [0.4, 0.5) is 11.4 Å². The van der Waals surface area contributed by atoms with Gasteiger partial charge in [0.1, 0.15) is 11.4 Å². The highest BCUT2D eigenvalue weighted by Gasteiger charge is 2.13. The maximum absolute atomic E-state index is 12.3. The Labute approximate surface area is 154 Å². The standard InChI is InChI=1S/C19H16N4O4/c1-20-16-7-6-12(8-17(16)23(26)27)11-21-22-19(25)15-9-13-4-2-3-5-14(13)10-18(15)24/h2-11,20,24H,1H3,(H,22,25)/b21-11+. The summed E-state index contributed by atoms with van der Waals surface area (Å²) < 4.78 is 0. The number of phenolic OH excluding ortho intramolecular Hbond substituents is 1. The van der Waals surface area contributed by atoms with Crippen LogP contribution in [0.3, 0.4) is 0 Å². The van der Waals surface area contributed by atoms with Crippen molar-refractivity contribution in [2.24, 2.45) is 5.10 Å². The van der Waals surface area contributed by atoms with Crippen LogP contribution in [0, 0.1) is 10.1 Å². The van der Waals surface area contributed by atoms with E-state index in [1.165, 1.54) is 18.3 Å². The Morgan fingerprint density at radius 1 is 1.15 bits per heavy atom. The van der Waals surface area contributed by atoms with Crippen LogP contribution < -0.4 is 10.7 Å². The summed E-state index contributed by atoms with van der Waals surface area (Å²) in [6, 6.07) is 14.9. The van der Waals surface area contributed by atoms with Crippen LogP contribution in [-0.4, -0.2) is 29.2 Å². The summed E-state index contributed by atoms with van der Waals surface area (Å²) in [6.07, 6.45) is 1.29. The summed E-state index contributed by atoms with van der Waals surface area (Å²) in [5.74, 6) is -0.744. The third kappa shape index (κ3) is 3.84. The number of hydrogen-bond acceptors (Lipinski definition) is 6. The van der Waals surface area contributed by atoms with E-state index in [9.17, 15) is 20.0 Å². The highest BCUT2D eigenvalue weighted by Crippen LogP contribution is 2.25. The van der Waals surface area contributed by atoms with Crippen LogP contribution in [0.2, 0.25) is 0 Å². The second kappa shape index (κ2) is 7.52. The zero-order chi connectivity index (χ0) is 19.4. The number of rotatable bonds is 5. The van der Waals surface area contributed by atoms with Gasteiger partial charge in [-0.25, -0.2) is 5.43 Å². The molecule has 0 atom stereocenters. The minimum atomic E-state index is -0.587. The van der Waals surface area contributed by atoms with Gasteiger partial charge in [0.25, 0.3) is 11.6 Å². The van der Waals surface area contributed by atoms with E-state index in [4.69, 9.17) is 0 Å². The molecule has 3 N–H and O–H groups in total. The minimum Gasteiger partial charge on any atom is -0.507 e. The van der Waals surface area contributed by atoms with Gasteiger partial charge in [-0.1, -0.05) is 30.3 Å². The third-order valence-electron chi connectivity index (χ3n) is 3.98. The summed E-state index contributed by atoms with van der Waals surface area (Å²) >= 11 is 0. The summed E-state index contributed by atoms with van der Waals surface area (Å²) in [5, 5.41) is 29.3. The first kappa shape index (κ1) is 17.9. The monoisotopic (exact) mass is 364 g/mol. The molecule has 0 fully saturated rings. The molecule has 0 unspecified atom stereocenters. The van der Waals surface area contributed by atoms with Crippen molar-refractivity contribution in [1.29, 1.82) is 0 Å². The van der Waals surface area contributed by atoms with Crippen molar-refractivity contribution in [2.45, 2.75) is 0 Å². The number of nitro groups is 1. The Bertz CT molecular complexity index is 1060. The molecule has 0 saturated heterocycles. The number of aromatic hydroxyl groups is 1. The Morgan fingerprint density at radius 2 is 1.85 bits per heavy atom. The van der Waals surface area contributed by atoms with E-state index in [2.05, 4.69) is 15.8 Å². The maximum Gasteiger partial charge on any atom is 0.292 e. The van der Waals surface area contributed by atoms with Crippen molar-refractivity contribution in [2.75, 3.05) is 12.4 Å². The normalized spacial score (nSPS) is 10.9. The molecule has 0 aliphatic carbocycles. The van der Waals surface area contributed by atoms with Gasteiger partial charge < -0.3 is 10.4 Å². The molecular weight excluding hydrogens is 348 g/mol. The number of carbonyl (C=O) groups is 1. The molecule has 27 heavy (non-hydrogen) atoms. The van der Waals surface area contributed by atoms with E-state index in [0.717, 1.165) is 10.8 Å². The lowest BCUT2D eigenvalue weighted by Crippen LogP contribution is -2.17. The van der Waals surface area contributed by atoms with Crippen LogP contribution in [0.15, 0.2) is 59.7 Å². The molecule has 8 nitrogen and oxygen atoms in total. The SMILES string of the molecule is CNc1ccc(/C=N/NC(=O)c2cc3ccccc3cc2O)cc1[N+](=O)[O-]. The average Bonchev–Trinajstić information content (AvgIpc) is 2.67. The largest absolute Gasteiger partial charge is 0.507 e. The lowest BCUT2D eigenvalue weighted by atomic mass is 10.1.